The summed E-state index contributed by atoms with van der Waals surface area (Å²) in [4.78, 5) is 24.8. The molecular formula is C14H19ClN2O3S. The van der Waals surface area contributed by atoms with Crippen LogP contribution in [0.2, 0.25) is 5.02 Å². The molecule has 1 N–H and O–H groups in total. The van der Waals surface area contributed by atoms with Crippen LogP contribution in [0.4, 0.5) is 10.5 Å². The number of halogens is 1. The van der Waals surface area contributed by atoms with Crippen molar-refractivity contribution in [2.75, 3.05) is 24.4 Å². The fourth-order valence-electron chi connectivity index (χ4n) is 1.74. The Labute approximate surface area is 132 Å². The van der Waals surface area contributed by atoms with Gasteiger partial charge in [0.2, 0.25) is 0 Å². The third-order valence-corrected chi connectivity index (χ3v) is 4.32. The van der Waals surface area contributed by atoms with Crippen LogP contribution in [-0.2, 0) is 10.8 Å². The summed E-state index contributed by atoms with van der Waals surface area (Å²) >= 11 is 5.99. The average molecular weight is 331 g/mol. The van der Waals surface area contributed by atoms with E-state index < -0.39 is 10.8 Å². The van der Waals surface area contributed by atoms with E-state index in [9.17, 15) is 13.8 Å². The van der Waals surface area contributed by atoms with Crippen LogP contribution in [0.25, 0.3) is 0 Å². The predicted molar refractivity (Wildman–Crippen MR) is 86.6 cm³/mol. The molecule has 0 unspecified atom stereocenters. The number of amides is 2. The minimum absolute atomic E-state index is 0.131. The van der Waals surface area contributed by atoms with Crippen molar-refractivity contribution in [1.82, 2.24) is 4.90 Å². The number of benzene rings is 1. The Morgan fingerprint density at radius 3 is 2.52 bits per heavy atom. The Bertz CT molecular complexity index is 577. The molecule has 0 saturated carbocycles. The van der Waals surface area contributed by atoms with E-state index in [0.29, 0.717) is 22.0 Å². The number of hydrogen-bond donors (Lipinski definition) is 1. The summed E-state index contributed by atoms with van der Waals surface area (Å²) in [5.41, 5.74) is 0.921. The molecule has 0 fully saturated rings. The summed E-state index contributed by atoms with van der Waals surface area (Å²) in [5.74, 6) is 0.280. The van der Waals surface area contributed by atoms with Gasteiger partial charge in [-0.25, -0.2) is 4.79 Å². The van der Waals surface area contributed by atoms with Crippen LogP contribution >= 0.6 is 11.6 Å². The summed E-state index contributed by atoms with van der Waals surface area (Å²) in [6.07, 6.45) is 1.60. The number of Topliss-reactive ketones (excluding diaryl/α,β-unsaturated/α-hetero) is 1. The maximum Gasteiger partial charge on any atom is 0.321 e. The molecule has 5 nitrogen and oxygen atoms in total. The van der Waals surface area contributed by atoms with E-state index in [1.165, 1.54) is 17.9 Å². The van der Waals surface area contributed by atoms with Gasteiger partial charge in [-0.15, -0.1) is 0 Å². The van der Waals surface area contributed by atoms with Crippen molar-refractivity contribution in [2.24, 2.45) is 0 Å². The lowest BCUT2D eigenvalue weighted by Crippen LogP contribution is -2.40. The molecule has 0 aromatic heterocycles. The molecule has 0 aliphatic rings. The standard InChI is InChI=1S/C14H19ClN2O3S/c1-9(8-21(4)20)17(3)14(19)16-11-5-6-12(10(2)18)13(15)7-11/h5-7,9H,8H2,1-4H3,(H,16,19)/t9-,21-/m0/s1. The molecule has 2 amide bonds. The van der Waals surface area contributed by atoms with E-state index >= 15 is 0 Å². The average Bonchev–Trinajstić information content (AvgIpc) is 2.36. The molecular weight excluding hydrogens is 312 g/mol. The molecule has 0 spiro atoms. The van der Waals surface area contributed by atoms with Crippen LogP contribution in [0.5, 0.6) is 0 Å². The van der Waals surface area contributed by atoms with E-state index in [2.05, 4.69) is 5.32 Å². The van der Waals surface area contributed by atoms with Crippen LogP contribution in [0.1, 0.15) is 24.2 Å². The first-order valence-corrected chi connectivity index (χ1v) is 8.47. The van der Waals surface area contributed by atoms with Crippen LogP contribution in [0.3, 0.4) is 0 Å². The first-order chi connectivity index (χ1) is 9.72. The molecule has 0 heterocycles. The predicted octanol–water partition coefficient (Wildman–Crippen LogP) is 2.77. The molecule has 0 saturated heterocycles. The van der Waals surface area contributed by atoms with E-state index in [0.717, 1.165) is 0 Å². The van der Waals surface area contributed by atoms with E-state index in [4.69, 9.17) is 11.6 Å². The number of rotatable bonds is 5. The number of hydrogen-bond acceptors (Lipinski definition) is 3. The lowest BCUT2D eigenvalue weighted by Gasteiger charge is -2.24. The minimum atomic E-state index is -0.972. The van der Waals surface area contributed by atoms with Crippen LogP contribution in [0, 0.1) is 0 Å². The highest BCUT2D eigenvalue weighted by Crippen LogP contribution is 2.21. The monoisotopic (exact) mass is 330 g/mol. The van der Waals surface area contributed by atoms with E-state index in [1.54, 1.807) is 25.4 Å². The first-order valence-electron chi connectivity index (χ1n) is 6.36. The van der Waals surface area contributed by atoms with Gasteiger partial charge in [-0.2, -0.15) is 0 Å². The molecule has 21 heavy (non-hydrogen) atoms. The summed E-state index contributed by atoms with van der Waals surface area (Å²) in [6, 6.07) is 4.26. The lowest BCUT2D eigenvalue weighted by atomic mass is 10.1. The second kappa shape index (κ2) is 7.56. The van der Waals surface area contributed by atoms with Gasteiger partial charge in [-0.1, -0.05) is 11.6 Å². The Morgan fingerprint density at radius 1 is 1.43 bits per heavy atom. The number of urea groups is 1. The highest BCUT2D eigenvalue weighted by Gasteiger charge is 2.17. The SMILES string of the molecule is CC(=O)c1ccc(NC(=O)N(C)[C@@H](C)C[S@](C)=O)cc1Cl. The van der Waals surface area contributed by atoms with Crippen molar-refractivity contribution in [3.63, 3.8) is 0 Å². The van der Waals surface area contributed by atoms with Crippen molar-refractivity contribution in [3.05, 3.63) is 28.8 Å². The molecule has 1 aromatic rings. The summed E-state index contributed by atoms with van der Waals surface area (Å²) < 4.78 is 11.2. The third-order valence-electron chi connectivity index (χ3n) is 3.06. The van der Waals surface area contributed by atoms with Gasteiger partial charge in [0.1, 0.15) is 0 Å². The molecule has 2 atom stereocenters. The molecule has 0 radical (unpaired) electrons. The summed E-state index contributed by atoms with van der Waals surface area (Å²) in [5, 5.41) is 2.99. The van der Waals surface area contributed by atoms with Crippen molar-refractivity contribution in [1.29, 1.82) is 0 Å². The zero-order valence-electron chi connectivity index (χ0n) is 12.5. The van der Waals surface area contributed by atoms with Gasteiger partial charge in [0.25, 0.3) is 0 Å². The van der Waals surface area contributed by atoms with E-state index in [1.807, 2.05) is 6.92 Å². The van der Waals surface area contributed by atoms with Crippen molar-refractivity contribution >= 4 is 39.9 Å². The second-order valence-electron chi connectivity index (χ2n) is 4.88. The zero-order valence-corrected chi connectivity index (χ0v) is 14.0. The number of nitrogens with zero attached hydrogens (tertiary/aromatic N) is 1. The molecule has 0 aliphatic heterocycles. The summed E-state index contributed by atoms with van der Waals surface area (Å²) in [6.45, 7) is 3.26. The molecule has 0 aliphatic carbocycles. The van der Waals surface area contributed by atoms with Crippen LogP contribution < -0.4 is 5.32 Å². The molecule has 1 aromatic carbocycles. The van der Waals surface area contributed by atoms with Crippen molar-refractivity contribution < 1.29 is 13.8 Å². The number of nitrogens with one attached hydrogen (secondary N) is 1. The maximum atomic E-state index is 12.1. The Hall–Kier alpha value is -1.40. The van der Waals surface area contributed by atoms with Gasteiger partial charge in [-0.05, 0) is 32.0 Å². The van der Waals surface area contributed by atoms with Gasteiger partial charge in [0, 0.05) is 47.1 Å². The number of carbonyl (C=O) groups is 2. The number of anilines is 1. The smallest absolute Gasteiger partial charge is 0.321 e. The van der Waals surface area contributed by atoms with Gasteiger partial charge in [0.05, 0.1) is 5.02 Å². The van der Waals surface area contributed by atoms with Crippen LogP contribution in [-0.4, -0.2) is 46.0 Å². The maximum absolute atomic E-state index is 12.1. The highest BCUT2D eigenvalue weighted by atomic mass is 35.5. The normalized spacial score (nSPS) is 13.4. The highest BCUT2D eigenvalue weighted by molar-refractivity contribution is 7.84. The molecule has 116 valence electrons. The Morgan fingerprint density at radius 2 is 2.05 bits per heavy atom. The van der Waals surface area contributed by atoms with E-state index in [-0.39, 0.29) is 17.9 Å². The van der Waals surface area contributed by atoms with Crippen molar-refractivity contribution in [2.45, 2.75) is 19.9 Å². The lowest BCUT2D eigenvalue weighted by molar-refractivity contribution is 0.101. The van der Waals surface area contributed by atoms with Gasteiger partial charge in [-0.3, -0.25) is 9.00 Å². The minimum Gasteiger partial charge on any atom is -0.324 e. The molecule has 1 rings (SSSR count). The van der Waals surface area contributed by atoms with Gasteiger partial charge >= 0.3 is 6.03 Å². The topological polar surface area (TPSA) is 66.5 Å². The first kappa shape index (κ1) is 17.7. The largest absolute Gasteiger partial charge is 0.324 e. The zero-order chi connectivity index (χ0) is 16.2. The second-order valence-corrected chi connectivity index (χ2v) is 6.77. The van der Waals surface area contributed by atoms with Gasteiger partial charge < -0.3 is 10.2 Å². The number of ketones is 1. The van der Waals surface area contributed by atoms with Crippen LogP contribution in [0.15, 0.2) is 18.2 Å². The third kappa shape index (κ3) is 5.13. The quantitative estimate of drug-likeness (QED) is 0.844. The van der Waals surface area contributed by atoms with Gasteiger partial charge in [0.15, 0.2) is 5.78 Å². The molecule has 7 heteroatoms. The van der Waals surface area contributed by atoms with Crippen molar-refractivity contribution in [3.8, 4) is 0 Å². The Kier molecular flexibility index (Phi) is 6.36. The molecule has 0 bridgehead atoms. The Balaban J connectivity index is 2.77. The summed E-state index contributed by atoms with van der Waals surface area (Å²) in [7, 11) is 0.666. The number of carbonyl (C=O) groups excluding carboxylic acids is 2. The fourth-order valence-corrected chi connectivity index (χ4v) is 2.96. The fraction of sp³-hybridized carbons (Fsp3) is 0.429.